The van der Waals surface area contributed by atoms with Crippen LogP contribution < -0.4 is 5.43 Å². The van der Waals surface area contributed by atoms with Gasteiger partial charge in [-0.3, -0.25) is 9.00 Å². The molecule has 0 radical (unpaired) electrons. The fourth-order valence-corrected chi connectivity index (χ4v) is 4.37. The Morgan fingerprint density at radius 1 is 1.29 bits per heavy atom. The summed E-state index contributed by atoms with van der Waals surface area (Å²) >= 11 is 0. The molecule has 0 aromatic carbocycles. The molecule has 2 rings (SSSR count). The van der Waals surface area contributed by atoms with Gasteiger partial charge in [-0.15, -0.1) is 0 Å². The van der Waals surface area contributed by atoms with Crippen molar-refractivity contribution < 1.29 is 12.6 Å². The van der Waals surface area contributed by atoms with E-state index in [1.54, 1.807) is 0 Å². The lowest BCUT2D eigenvalue weighted by atomic mass is 10.5. The van der Waals surface area contributed by atoms with Crippen LogP contribution in [0.4, 0.5) is 0 Å². The van der Waals surface area contributed by atoms with Crippen LogP contribution in [0.25, 0.3) is 0 Å². The number of aromatic amines is 1. The average molecular weight is 276 g/mol. The van der Waals surface area contributed by atoms with Crippen molar-refractivity contribution >= 4 is 20.8 Å². The second kappa shape index (κ2) is 4.71. The van der Waals surface area contributed by atoms with Gasteiger partial charge in [0.2, 0.25) is 15.5 Å². The summed E-state index contributed by atoms with van der Waals surface area (Å²) in [5.74, 6) is 0.647. The Morgan fingerprint density at radius 2 is 1.94 bits per heavy atom. The summed E-state index contributed by atoms with van der Waals surface area (Å²) in [5.41, 5.74) is -0.532. The number of sulfonamides is 1. The van der Waals surface area contributed by atoms with Gasteiger partial charge in [-0.1, -0.05) is 0 Å². The Bertz CT molecular complexity index is 583. The third kappa shape index (κ3) is 2.48. The van der Waals surface area contributed by atoms with Crippen LogP contribution in [0.15, 0.2) is 28.2 Å². The topological polar surface area (TPSA) is 87.3 Å². The van der Waals surface area contributed by atoms with Crippen molar-refractivity contribution in [2.75, 3.05) is 24.6 Å². The van der Waals surface area contributed by atoms with Crippen molar-refractivity contribution in [3.63, 3.8) is 0 Å². The van der Waals surface area contributed by atoms with Gasteiger partial charge < -0.3 is 4.98 Å². The van der Waals surface area contributed by atoms with Gasteiger partial charge in [-0.25, -0.2) is 8.42 Å². The monoisotopic (exact) mass is 276 g/mol. The Balaban J connectivity index is 2.35. The predicted molar refractivity (Wildman–Crippen MR) is 63.7 cm³/mol. The standard InChI is InChI=1S/C9H12N2O4S2/c12-8-1-2-10-7-9(8)17(14,15)11-3-5-16(13)6-4-11/h1-2,7H,3-6H2,(H,10,12). The number of nitrogens with one attached hydrogen (secondary N) is 1. The maximum absolute atomic E-state index is 12.1. The number of hydrogen-bond donors (Lipinski definition) is 1. The Morgan fingerprint density at radius 3 is 2.53 bits per heavy atom. The van der Waals surface area contributed by atoms with E-state index in [1.165, 1.54) is 22.8 Å². The second-order valence-electron chi connectivity index (χ2n) is 3.62. The van der Waals surface area contributed by atoms with Crippen molar-refractivity contribution in [2.24, 2.45) is 0 Å². The molecule has 1 N–H and O–H groups in total. The van der Waals surface area contributed by atoms with E-state index < -0.39 is 26.3 Å². The van der Waals surface area contributed by atoms with Crippen LogP contribution in [0.1, 0.15) is 0 Å². The summed E-state index contributed by atoms with van der Waals surface area (Å²) in [6.07, 6.45) is 2.57. The van der Waals surface area contributed by atoms with Gasteiger partial charge in [-0.2, -0.15) is 4.31 Å². The number of rotatable bonds is 2. The van der Waals surface area contributed by atoms with Crippen LogP contribution in [-0.4, -0.2) is 46.5 Å². The van der Waals surface area contributed by atoms with Crippen LogP contribution in [0.3, 0.4) is 0 Å². The van der Waals surface area contributed by atoms with Crippen molar-refractivity contribution in [2.45, 2.75) is 4.90 Å². The third-order valence-electron chi connectivity index (χ3n) is 2.54. The molecule has 0 aliphatic carbocycles. The van der Waals surface area contributed by atoms with E-state index in [9.17, 15) is 17.4 Å². The van der Waals surface area contributed by atoms with Crippen molar-refractivity contribution in [3.05, 3.63) is 28.7 Å². The molecule has 6 nitrogen and oxygen atoms in total. The van der Waals surface area contributed by atoms with Crippen LogP contribution in [0.2, 0.25) is 0 Å². The van der Waals surface area contributed by atoms with Crippen LogP contribution >= 0.6 is 0 Å². The SMILES string of the molecule is O=c1cc[nH]cc1S(=O)(=O)N1CCS(=O)CC1. The number of pyridine rings is 1. The van der Waals surface area contributed by atoms with Crippen LogP contribution in [0.5, 0.6) is 0 Å². The van der Waals surface area contributed by atoms with Crippen LogP contribution in [0, 0.1) is 0 Å². The lowest BCUT2D eigenvalue weighted by Gasteiger charge is -2.25. The number of hydrogen-bond acceptors (Lipinski definition) is 4. The van der Waals surface area contributed by atoms with Gasteiger partial charge in [0.25, 0.3) is 0 Å². The maximum atomic E-state index is 12.1. The summed E-state index contributed by atoms with van der Waals surface area (Å²) in [7, 11) is -4.71. The molecule has 2 heterocycles. The molecular formula is C9H12N2O4S2. The molecule has 8 heteroatoms. The lowest BCUT2D eigenvalue weighted by Crippen LogP contribution is -2.43. The molecule has 0 atom stereocenters. The molecule has 1 aromatic rings. The van der Waals surface area contributed by atoms with Gasteiger partial charge in [-0.05, 0) is 0 Å². The number of aromatic nitrogens is 1. The first-order chi connectivity index (χ1) is 8.01. The van der Waals surface area contributed by atoms with E-state index in [4.69, 9.17) is 0 Å². The van der Waals surface area contributed by atoms with Crippen molar-refractivity contribution in [1.29, 1.82) is 0 Å². The van der Waals surface area contributed by atoms with E-state index in [-0.39, 0.29) is 18.0 Å². The number of H-pyrrole nitrogens is 1. The fraction of sp³-hybridized carbons (Fsp3) is 0.444. The zero-order chi connectivity index (χ0) is 12.5. The van der Waals surface area contributed by atoms with E-state index in [1.807, 2.05) is 0 Å². The molecule has 17 heavy (non-hydrogen) atoms. The zero-order valence-electron chi connectivity index (χ0n) is 8.96. The first kappa shape index (κ1) is 12.5. The molecule has 94 valence electrons. The van der Waals surface area contributed by atoms with Gasteiger partial charge in [0.05, 0.1) is 0 Å². The van der Waals surface area contributed by atoms with E-state index in [2.05, 4.69) is 4.98 Å². The normalized spacial score (nSPS) is 19.3. The van der Waals surface area contributed by atoms with Crippen LogP contribution in [-0.2, 0) is 20.8 Å². The van der Waals surface area contributed by atoms with Gasteiger partial charge in [0.15, 0.2) is 0 Å². The van der Waals surface area contributed by atoms with E-state index in [0.717, 1.165) is 0 Å². The Kier molecular flexibility index (Phi) is 3.45. The Labute approximate surface area is 101 Å². The van der Waals surface area contributed by atoms with Crippen molar-refractivity contribution in [3.8, 4) is 0 Å². The molecule has 0 saturated carbocycles. The summed E-state index contributed by atoms with van der Waals surface area (Å²) in [4.78, 5) is 13.8. The summed E-state index contributed by atoms with van der Waals surface area (Å²) < 4.78 is 36.6. The Hall–Kier alpha value is -0.990. The molecule has 1 fully saturated rings. The molecular weight excluding hydrogens is 264 g/mol. The highest BCUT2D eigenvalue weighted by Gasteiger charge is 2.29. The molecule has 0 spiro atoms. The molecule has 0 amide bonds. The summed E-state index contributed by atoms with van der Waals surface area (Å²) in [6, 6.07) is 1.18. The highest BCUT2D eigenvalue weighted by Crippen LogP contribution is 2.13. The van der Waals surface area contributed by atoms with Gasteiger partial charge in [0.1, 0.15) is 4.90 Å². The van der Waals surface area contributed by atoms with E-state index in [0.29, 0.717) is 11.5 Å². The summed E-state index contributed by atoms with van der Waals surface area (Å²) in [5, 5.41) is 0. The third-order valence-corrected chi connectivity index (χ3v) is 5.74. The molecule has 1 saturated heterocycles. The molecule has 1 aliphatic heterocycles. The fourth-order valence-electron chi connectivity index (χ4n) is 1.60. The predicted octanol–water partition coefficient (Wildman–Crippen LogP) is -0.872. The highest BCUT2D eigenvalue weighted by molar-refractivity contribution is 7.89. The van der Waals surface area contributed by atoms with Gasteiger partial charge in [0, 0.05) is 53.9 Å². The van der Waals surface area contributed by atoms with Gasteiger partial charge >= 0.3 is 0 Å². The largest absolute Gasteiger partial charge is 0.366 e. The minimum absolute atomic E-state index is 0.198. The van der Waals surface area contributed by atoms with E-state index >= 15 is 0 Å². The zero-order valence-corrected chi connectivity index (χ0v) is 10.6. The minimum Gasteiger partial charge on any atom is -0.366 e. The quantitative estimate of drug-likeness (QED) is 0.760. The molecule has 0 bridgehead atoms. The first-order valence-electron chi connectivity index (χ1n) is 5.04. The highest BCUT2D eigenvalue weighted by atomic mass is 32.2. The molecule has 0 unspecified atom stereocenters. The minimum atomic E-state index is -3.76. The molecule has 1 aromatic heterocycles. The summed E-state index contributed by atoms with van der Waals surface area (Å²) in [6.45, 7) is 0.395. The molecule has 1 aliphatic rings. The first-order valence-corrected chi connectivity index (χ1v) is 7.97. The average Bonchev–Trinajstić information content (AvgIpc) is 2.30. The lowest BCUT2D eigenvalue weighted by molar-refractivity contribution is 0.438. The smallest absolute Gasteiger partial charge is 0.248 e. The number of nitrogens with zero attached hydrogens (tertiary/aromatic N) is 1. The second-order valence-corrected chi connectivity index (χ2v) is 7.23. The maximum Gasteiger partial charge on any atom is 0.248 e. The van der Waals surface area contributed by atoms with Crippen molar-refractivity contribution in [1.82, 2.24) is 9.29 Å².